The van der Waals surface area contributed by atoms with E-state index in [0.29, 0.717) is 5.56 Å². The van der Waals surface area contributed by atoms with Crippen molar-refractivity contribution in [3.8, 4) is 5.75 Å². The zero-order valence-electron chi connectivity index (χ0n) is 15.5. The Kier molecular flexibility index (Phi) is 7.58. The molecule has 1 heterocycles. The highest BCUT2D eigenvalue weighted by Crippen LogP contribution is 2.37. The van der Waals surface area contributed by atoms with E-state index in [1.165, 1.54) is 24.3 Å². The fourth-order valence-corrected chi connectivity index (χ4v) is 3.30. The van der Waals surface area contributed by atoms with Crippen LogP contribution in [-0.4, -0.2) is 73.9 Å². The van der Waals surface area contributed by atoms with Crippen molar-refractivity contribution in [1.29, 1.82) is 0 Å². The van der Waals surface area contributed by atoms with Gasteiger partial charge in [-0.25, -0.2) is 0 Å². The van der Waals surface area contributed by atoms with E-state index < -0.39 is 44.5 Å². The van der Waals surface area contributed by atoms with E-state index in [2.05, 4.69) is 5.32 Å². The summed E-state index contributed by atoms with van der Waals surface area (Å²) in [4.78, 5) is 29.9. The van der Waals surface area contributed by atoms with Gasteiger partial charge in [0.1, 0.15) is 24.1 Å². The first-order chi connectivity index (χ1) is 13.0. The second-order valence-corrected chi connectivity index (χ2v) is 8.74. The van der Waals surface area contributed by atoms with Crippen molar-refractivity contribution in [2.75, 3.05) is 6.16 Å². The van der Waals surface area contributed by atoms with Crippen LogP contribution in [0.25, 0.3) is 0 Å². The summed E-state index contributed by atoms with van der Waals surface area (Å²) in [6.45, 7) is 3.67. The first kappa shape index (κ1) is 22.8. The molecule has 1 aliphatic heterocycles. The molecule has 6 N–H and O–H groups in total. The van der Waals surface area contributed by atoms with Crippen molar-refractivity contribution in [2.24, 2.45) is 0 Å². The van der Waals surface area contributed by atoms with Gasteiger partial charge < -0.3 is 39.9 Å². The molecule has 158 valence electrons. The molecule has 0 saturated carbocycles. The lowest BCUT2D eigenvalue weighted by atomic mass is 9.97. The highest BCUT2D eigenvalue weighted by atomic mass is 31.2. The maximum absolute atomic E-state index is 11.9. The Morgan fingerprint density at radius 2 is 1.75 bits per heavy atom. The third kappa shape index (κ3) is 6.25. The molecule has 0 bridgehead atoms. The SMILES string of the molecule is CC(C)NC(=O)c1ccc(O[C@H]2O[C@H](CCP(=O)(O)O)[C@@H](O)[C@H](O)[C@@H]2O)cc1. The summed E-state index contributed by atoms with van der Waals surface area (Å²) in [6.07, 6.45) is -8.00. The van der Waals surface area contributed by atoms with E-state index in [9.17, 15) is 24.7 Å². The Bertz CT molecular complexity index is 705. The van der Waals surface area contributed by atoms with Gasteiger partial charge in [-0.15, -0.1) is 0 Å². The third-order valence-corrected chi connectivity index (χ3v) is 5.00. The van der Waals surface area contributed by atoms with Crippen LogP contribution >= 0.6 is 7.60 Å². The molecule has 11 heteroatoms. The number of aliphatic hydroxyl groups excluding tert-OH is 3. The zero-order chi connectivity index (χ0) is 21.1. The molecule has 1 aromatic rings. The number of hydrogen-bond donors (Lipinski definition) is 6. The van der Waals surface area contributed by atoms with Gasteiger partial charge in [-0.2, -0.15) is 0 Å². The van der Waals surface area contributed by atoms with Gasteiger partial charge in [-0.05, 0) is 44.5 Å². The minimum Gasteiger partial charge on any atom is -0.462 e. The van der Waals surface area contributed by atoms with Crippen LogP contribution in [0, 0.1) is 0 Å². The Balaban J connectivity index is 2.04. The van der Waals surface area contributed by atoms with Crippen molar-refractivity contribution in [3.63, 3.8) is 0 Å². The smallest absolute Gasteiger partial charge is 0.325 e. The predicted molar refractivity (Wildman–Crippen MR) is 97.9 cm³/mol. The van der Waals surface area contributed by atoms with Gasteiger partial charge in [-0.1, -0.05) is 0 Å². The van der Waals surface area contributed by atoms with E-state index in [1.54, 1.807) is 0 Å². The number of carbonyl (C=O) groups is 1. The van der Waals surface area contributed by atoms with Gasteiger partial charge in [-0.3, -0.25) is 9.36 Å². The lowest BCUT2D eigenvalue weighted by Crippen LogP contribution is -2.59. The molecule has 28 heavy (non-hydrogen) atoms. The molecule has 0 aromatic heterocycles. The molecule has 1 saturated heterocycles. The molecule has 1 aliphatic rings. The van der Waals surface area contributed by atoms with Crippen molar-refractivity contribution in [2.45, 2.75) is 57.0 Å². The molecular formula is C17H26NO9P. The average molecular weight is 419 g/mol. The maximum Gasteiger partial charge on any atom is 0.325 e. The number of hydrogen-bond acceptors (Lipinski definition) is 7. The second kappa shape index (κ2) is 9.32. The Morgan fingerprint density at radius 3 is 2.29 bits per heavy atom. The molecule has 0 unspecified atom stereocenters. The van der Waals surface area contributed by atoms with Crippen LogP contribution in [0.1, 0.15) is 30.6 Å². The van der Waals surface area contributed by atoms with Gasteiger partial charge in [0.15, 0.2) is 0 Å². The summed E-state index contributed by atoms with van der Waals surface area (Å²) in [5.41, 5.74) is 0.404. The minimum absolute atomic E-state index is 0.0211. The fourth-order valence-electron chi connectivity index (χ4n) is 2.71. The van der Waals surface area contributed by atoms with Crippen LogP contribution < -0.4 is 10.1 Å². The van der Waals surface area contributed by atoms with E-state index in [-0.39, 0.29) is 24.1 Å². The maximum atomic E-state index is 11.9. The highest BCUT2D eigenvalue weighted by molar-refractivity contribution is 7.51. The first-order valence-corrected chi connectivity index (χ1v) is 10.6. The zero-order valence-corrected chi connectivity index (χ0v) is 16.4. The largest absolute Gasteiger partial charge is 0.462 e. The topological polar surface area (TPSA) is 166 Å². The molecule has 10 nitrogen and oxygen atoms in total. The monoisotopic (exact) mass is 419 g/mol. The van der Waals surface area contributed by atoms with E-state index in [0.717, 1.165) is 0 Å². The van der Waals surface area contributed by atoms with Gasteiger partial charge in [0.05, 0.1) is 12.3 Å². The average Bonchev–Trinajstić information content (AvgIpc) is 2.60. The third-order valence-electron chi connectivity index (χ3n) is 4.16. The van der Waals surface area contributed by atoms with Crippen LogP contribution in [0.3, 0.4) is 0 Å². The Hall–Kier alpha value is -1.52. The quantitative estimate of drug-likeness (QED) is 0.322. The molecule has 1 fully saturated rings. The molecule has 5 atom stereocenters. The van der Waals surface area contributed by atoms with Gasteiger partial charge in [0.2, 0.25) is 6.29 Å². The molecule has 2 rings (SSSR count). The van der Waals surface area contributed by atoms with Crippen LogP contribution in [0.2, 0.25) is 0 Å². The number of ether oxygens (including phenoxy) is 2. The number of nitrogens with one attached hydrogen (secondary N) is 1. The minimum atomic E-state index is -4.32. The summed E-state index contributed by atoms with van der Waals surface area (Å²) in [6, 6.07) is 5.96. The molecule has 1 aromatic carbocycles. The summed E-state index contributed by atoms with van der Waals surface area (Å²) in [5, 5.41) is 32.8. The summed E-state index contributed by atoms with van der Waals surface area (Å²) >= 11 is 0. The first-order valence-electron chi connectivity index (χ1n) is 8.80. The lowest BCUT2D eigenvalue weighted by molar-refractivity contribution is -0.272. The number of benzene rings is 1. The van der Waals surface area contributed by atoms with Crippen LogP contribution in [0.5, 0.6) is 5.75 Å². The van der Waals surface area contributed by atoms with Crippen molar-refractivity contribution < 1.29 is 43.9 Å². The van der Waals surface area contributed by atoms with Gasteiger partial charge in [0, 0.05) is 11.6 Å². The van der Waals surface area contributed by atoms with Crippen LogP contribution in [0.15, 0.2) is 24.3 Å². The van der Waals surface area contributed by atoms with E-state index in [4.69, 9.17) is 19.3 Å². The molecule has 0 spiro atoms. The fraction of sp³-hybridized carbons (Fsp3) is 0.588. The second-order valence-electron chi connectivity index (χ2n) is 6.96. The number of amides is 1. The number of rotatable bonds is 7. The van der Waals surface area contributed by atoms with Crippen molar-refractivity contribution >= 4 is 13.5 Å². The standard InChI is InChI=1S/C17H26NO9P/c1-9(2)18-16(22)10-3-5-11(6-4-10)26-17-15(21)14(20)13(19)12(27-17)7-8-28(23,24)25/h3-6,9,12-15,17,19-21H,7-8H2,1-2H3,(H,18,22)(H2,23,24,25)/t12-,13-,14+,15+,17+/m1/s1. The number of aliphatic hydroxyl groups is 3. The summed E-state index contributed by atoms with van der Waals surface area (Å²) in [7, 11) is -4.32. The van der Waals surface area contributed by atoms with Gasteiger partial charge >= 0.3 is 7.60 Å². The molecule has 1 amide bonds. The van der Waals surface area contributed by atoms with E-state index >= 15 is 0 Å². The predicted octanol–water partition coefficient (Wildman–Crippen LogP) is -0.421. The molecular weight excluding hydrogens is 393 g/mol. The normalized spacial score (nSPS) is 28.2. The van der Waals surface area contributed by atoms with Gasteiger partial charge in [0.25, 0.3) is 5.91 Å². The van der Waals surface area contributed by atoms with E-state index in [1.807, 2.05) is 13.8 Å². The van der Waals surface area contributed by atoms with Crippen LogP contribution in [-0.2, 0) is 9.30 Å². The van der Waals surface area contributed by atoms with Crippen LogP contribution in [0.4, 0.5) is 0 Å². The molecule has 0 aliphatic carbocycles. The molecule has 0 radical (unpaired) electrons. The summed E-state index contributed by atoms with van der Waals surface area (Å²) in [5.74, 6) is -0.0194. The Morgan fingerprint density at radius 1 is 1.14 bits per heavy atom. The Labute approximate surface area is 162 Å². The lowest BCUT2D eigenvalue weighted by Gasteiger charge is -2.40. The highest BCUT2D eigenvalue weighted by Gasteiger charge is 2.45. The van der Waals surface area contributed by atoms with Crippen molar-refractivity contribution in [1.82, 2.24) is 5.32 Å². The summed E-state index contributed by atoms with van der Waals surface area (Å²) < 4.78 is 21.9. The number of carbonyl (C=O) groups excluding carboxylic acids is 1. The van der Waals surface area contributed by atoms with Crippen molar-refractivity contribution in [3.05, 3.63) is 29.8 Å².